The molecule has 0 aliphatic heterocycles. The summed E-state index contributed by atoms with van der Waals surface area (Å²) in [7, 11) is 3.97. The first-order valence-corrected chi connectivity index (χ1v) is 12.3. The minimum atomic E-state index is -1.43. The smallest absolute Gasteiger partial charge is 0.214 e. The maximum Gasteiger partial charge on any atom is 0.214 e. The number of aromatic nitrogens is 2. The Labute approximate surface area is 217 Å². The first-order valence-electron chi connectivity index (χ1n) is 12.3. The summed E-state index contributed by atoms with van der Waals surface area (Å²) in [6.07, 6.45) is 7.40. The molecule has 184 valence electrons. The summed E-state index contributed by atoms with van der Waals surface area (Å²) in [5, 5.41) is 24.0. The van der Waals surface area contributed by atoms with Crippen molar-refractivity contribution >= 4 is 11.6 Å². The predicted molar refractivity (Wildman–Crippen MR) is 147 cm³/mol. The second-order valence-corrected chi connectivity index (χ2v) is 9.58. The molecule has 0 saturated heterocycles. The monoisotopic (exact) mass is 487 g/mol. The molecule has 0 spiro atoms. The van der Waals surface area contributed by atoms with Gasteiger partial charge >= 0.3 is 0 Å². The predicted octanol–water partition coefficient (Wildman–Crippen LogP) is 5.53. The molecule has 2 unspecified atom stereocenters. The second-order valence-electron chi connectivity index (χ2n) is 9.58. The van der Waals surface area contributed by atoms with Crippen LogP contribution in [0.3, 0.4) is 0 Å². The zero-order chi connectivity index (χ0) is 25.8. The molecule has 0 fully saturated rings. The molecule has 1 aliphatic carbocycles. The Morgan fingerprint density at radius 2 is 1.73 bits per heavy atom. The molecular formula is C32H29N3O2. The summed E-state index contributed by atoms with van der Waals surface area (Å²) >= 11 is 0. The van der Waals surface area contributed by atoms with Gasteiger partial charge in [0.1, 0.15) is 5.60 Å². The van der Waals surface area contributed by atoms with Crippen molar-refractivity contribution in [3.63, 3.8) is 0 Å². The Hall–Kier alpha value is -4.24. The lowest BCUT2D eigenvalue weighted by Gasteiger charge is -2.39. The zero-order valence-corrected chi connectivity index (χ0v) is 21.0. The van der Waals surface area contributed by atoms with Gasteiger partial charge in [0.15, 0.2) is 0 Å². The maximum absolute atomic E-state index is 12.9. The van der Waals surface area contributed by atoms with E-state index in [0.29, 0.717) is 24.1 Å². The van der Waals surface area contributed by atoms with Crippen LogP contribution in [-0.4, -0.2) is 51.3 Å². The second kappa shape index (κ2) is 10.4. The van der Waals surface area contributed by atoms with Gasteiger partial charge in [-0.3, -0.25) is 4.98 Å². The van der Waals surface area contributed by atoms with E-state index in [2.05, 4.69) is 21.4 Å². The molecular weight excluding hydrogens is 458 g/mol. The van der Waals surface area contributed by atoms with Gasteiger partial charge in [0.05, 0.1) is 0 Å². The molecule has 5 nitrogen and oxygen atoms in total. The largest absolute Gasteiger partial charge is 0.493 e. The first kappa shape index (κ1) is 24.5. The number of aliphatic hydroxyl groups is 1. The van der Waals surface area contributed by atoms with Crippen LogP contribution in [0.15, 0.2) is 103 Å². The van der Waals surface area contributed by atoms with E-state index in [1.165, 1.54) is 0 Å². The SMILES string of the molecule is CN(C)CCC(O)(C1=C=C=Cc2ccccc21)C(c1ccccc1)c1cc(-c2cccnc2)cnc1O. The highest BCUT2D eigenvalue weighted by Crippen LogP contribution is 2.48. The quantitative estimate of drug-likeness (QED) is 0.320. The van der Waals surface area contributed by atoms with E-state index >= 15 is 0 Å². The summed E-state index contributed by atoms with van der Waals surface area (Å²) in [6, 6.07) is 23.5. The highest BCUT2D eigenvalue weighted by molar-refractivity contribution is 5.82. The van der Waals surface area contributed by atoms with Crippen LogP contribution in [-0.2, 0) is 0 Å². The Bertz CT molecular complexity index is 1500. The summed E-state index contributed by atoms with van der Waals surface area (Å²) in [4.78, 5) is 10.6. The molecule has 2 heterocycles. The highest BCUT2D eigenvalue weighted by Gasteiger charge is 2.45. The third kappa shape index (κ3) is 4.90. The standard InChI is InChI=1S/C32H29N3O2/c1-35(2)19-17-32(37,29-16-8-13-23-10-6-7-15-27(23)29)30(24-11-4-3-5-12-24)28-20-26(22-34-31(28)36)25-14-9-18-33-21-25/h3-7,9-15,18,20-22,30,37H,17,19H2,1-2H3,(H,34,36). The Balaban J connectivity index is 1.77. The zero-order valence-electron chi connectivity index (χ0n) is 21.0. The molecule has 2 aromatic heterocycles. The lowest BCUT2D eigenvalue weighted by molar-refractivity contribution is 0.0659. The third-order valence-corrected chi connectivity index (χ3v) is 6.84. The molecule has 2 aromatic carbocycles. The van der Waals surface area contributed by atoms with Crippen LogP contribution >= 0.6 is 0 Å². The van der Waals surface area contributed by atoms with Gasteiger partial charge in [-0.1, -0.05) is 72.1 Å². The fourth-order valence-electron chi connectivity index (χ4n) is 4.99. The van der Waals surface area contributed by atoms with Gasteiger partial charge in [-0.2, -0.15) is 0 Å². The third-order valence-electron chi connectivity index (χ3n) is 6.84. The Morgan fingerprint density at radius 3 is 2.49 bits per heavy atom. The number of nitrogens with zero attached hydrogens (tertiary/aromatic N) is 3. The Kier molecular flexibility index (Phi) is 6.87. The van der Waals surface area contributed by atoms with E-state index in [1.54, 1.807) is 18.6 Å². The fourth-order valence-corrected chi connectivity index (χ4v) is 4.99. The van der Waals surface area contributed by atoms with Crippen LogP contribution in [0.2, 0.25) is 0 Å². The van der Waals surface area contributed by atoms with Gasteiger partial charge < -0.3 is 15.1 Å². The summed E-state index contributed by atoms with van der Waals surface area (Å²) in [5.74, 6) is -0.748. The average molecular weight is 488 g/mol. The number of pyridine rings is 2. The average Bonchev–Trinajstić information content (AvgIpc) is 2.94. The van der Waals surface area contributed by atoms with E-state index in [0.717, 1.165) is 27.8 Å². The fraction of sp³-hybridized carbons (Fsp3) is 0.188. The highest BCUT2D eigenvalue weighted by atomic mass is 16.3. The molecule has 0 amide bonds. The first-order chi connectivity index (χ1) is 18.0. The van der Waals surface area contributed by atoms with Crippen molar-refractivity contribution < 1.29 is 10.2 Å². The summed E-state index contributed by atoms with van der Waals surface area (Å²) in [5.41, 5.74) is 10.6. The number of benzene rings is 2. The number of hydrogen-bond acceptors (Lipinski definition) is 5. The van der Waals surface area contributed by atoms with Crippen LogP contribution < -0.4 is 0 Å². The summed E-state index contributed by atoms with van der Waals surface area (Å²) < 4.78 is 0. The van der Waals surface area contributed by atoms with Gasteiger partial charge in [0.25, 0.3) is 0 Å². The number of rotatable bonds is 8. The molecule has 0 radical (unpaired) electrons. The van der Waals surface area contributed by atoms with Crippen LogP contribution in [0, 0.1) is 0 Å². The Morgan fingerprint density at radius 1 is 0.946 bits per heavy atom. The van der Waals surface area contributed by atoms with Crippen LogP contribution in [0.25, 0.3) is 22.8 Å². The molecule has 4 aromatic rings. The molecule has 5 heteroatoms. The van der Waals surface area contributed by atoms with Crippen LogP contribution in [0.5, 0.6) is 5.88 Å². The molecule has 37 heavy (non-hydrogen) atoms. The molecule has 0 saturated carbocycles. The van der Waals surface area contributed by atoms with E-state index in [4.69, 9.17) is 0 Å². The van der Waals surface area contributed by atoms with Crippen molar-refractivity contribution in [2.45, 2.75) is 17.9 Å². The van der Waals surface area contributed by atoms with E-state index in [9.17, 15) is 10.2 Å². The van der Waals surface area contributed by atoms with E-state index in [-0.39, 0.29) is 5.88 Å². The lowest BCUT2D eigenvalue weighted by atomic mass is 9.69. The van der Waals surface area contributed by atoms with Crippen molar-refractivity contribution in [3.8, 4) is 17.0 Å². The van der Waals surface area contributed by atoms with Gasteiger partial charge in [-0.25, -0.2) is 4.98 Å². The number of hydrogen-bond donors (Lipinski definition) is 2. The van der Waals surface area contributed by atoms with Gasteiger partial charge in [-0.15, -0.1) is 0 Å². The van der Waals surface area contributed by atoms with Crippen molar-refractivity contribution in [2.24, 2.45) is 0 Å². The summed E-state index contributed by atoms with van der Waals surface area (Å²) in [6.45, 7) is 0.618. The minimum absolute atomic E-state index is 0.117. The molecule has 5 rings (SSSR count). The number of fused-ring (bicyclic) bond motifs is 1. The van der Waals surface area contributed by atoms with E-state index < -0.39 is 11.5 Å². The molecule has 0 bridgehead atoms. The van der Waals surface area contributed by atoms with Gasteiger partial charge in [-0.05, 0) is 55.4 Å². The van der Waals surface area contributed by atoms with Crippen molar-refractivity contribution in [2.75, 3.05) is 20.6 Å². The topological polar surface area (TPSA) is 69.5 Å². The molecule has 2 atom stereocenters. The van der Waals surface area contributed by atoms with Crippen LogP contribution in [0.1, 0.15) is 34.6 Å². The lowest BCUT2D eigenvalue weighted by Crippen LogP contribution is -2.41. The van der Waals surface area contributed by atoms with Crippen molar-refractivity contribution in [3.05, 3.63) is 125 Å². The normalized spacial score (nSPS) is 14.6. The van der Waals surface area contributed by atoms with Gasteiger partial charge in [0, 0.05) is 53.3 Å². The molecule has 2 N–H and O–H groups in total. The van der Waals surface area contributed by atoms with Crippen LogP contribution in [0.4, 0.5) is 0 Å². The van der Waals surface area contributed by atoms with Gasteiger partial charge in [0.2, 0.25) is 5.88 Å². The molecule has 1 aliphatic rings. The maximum atomic E-state index is 12.9. The van der Waals surface area contributed by atoms with E-state index in [1.807, 2.05) is 97.9 Å². The minimum Gasteiger partial charge on any atom is -0.493 e. The van der Waals surface area contributed by atoms with Crippen molar-refractivity contribution in [1.82, 2.24) is 14.9 Å². The number of aromatic hydroxyl groups is 1. The van der Waals surface area contributed by atoms with Crippen molar-refractivity contribution in [1.29, 1.82) is 0 Å².